The fourth-order valence-electron chi connectivity index (χ4n) is 0.979. The van der Waals surface area contributed by atoms with E-state index in [1.807, 2.05) is 0 Å². The van der Waals surface area contributed by atoms with Crippen LogP contribution >= 0.6 is 0 Å². The number of carboxylic acids is 2. The van der Waals surface area contributed by atoms with Crippen LogP contribution in [0.4, 0.5) is 0 Å². The number of aromatic carboxylic acids is 2. The summed E-state index contributed by atoms with van der Waals surface area (Å²) < 4.78 is 0. The van der Waals surface area contributed by atoms with Gasteiger partial charge < -0.3 is 10.2 Å². The van der Waals surface area contributed by atoms with Crippen molar-refractivity contribution in [2.45, 2.75) is 0 Å². The summed E-state index contributed by atoms with van der Waals surface area (Å²) >= 11 is 0. The summed E-state index contributed by atoms with van der Waals surface area (Å²) in [5, 5.41) is 16.6. The van der Waals surface area contributed by atoms with Crippen LogP contribution in [0.5, 0.6) is 0 Å². The first-order valence-corrected chi connectivity index (χ1v) is 4.90. The number of hydrogen-bond donors (Lipinski definition) is 2. The number of carboxylic acid groups (broad SMARTS) is 2. The number of aromatic nitrogens is 2. The van der Waals surface area contributed by atoms with Gasteiger partial charge in [-0.1, -0.05) is 12.1 Å². The molecule has 2 N–H and O–H groups in total. The van der Waals surface area contributed by atoms with Crippen LogP contribution in [0.3, 0.4) is 0 Å². The molecule has 0 radical (unpaired) electrons. The fourth-order valence-corrected chi connectivity index (χ4v) is 0.979. The molecular formula is C12H10N2O4Pt. The Hall–Kier alpha value is -2.07. The van der Waals surface area contributed by atoms with E-state index in [0.717, 1.165) is 0 Å². The Morgan fingerprint density at radius 1 is 0.789 bits per heavy atom. The van der Waals surface area contributed by atoms with Crippen molar-refractivity contribution in [3.05, 3.63) is 60.2 Å². The van der Waals surface area contributed by atoms with E-state index in [9.17, 15) is 9.59 Å². The van der Waals surface area contributed by atoms with Gasteiger partial charge in [0.05, 0.1) is 0 Å². The minimum atomic E-state index is -0.990. The molecule has 0 amide bonds. The Balaban J connectivity index is 0.000000324. The maximum absolute atomic E-state index is 10.1. The molecule has 0 fully saturated rings. The molecule has 2 aromatic rings. The molecule has 0 saturated heterocycles. The van der Waals surface area contributed by atoms with Gasteiger partial charge in [-0.3, -0.25) is 0 Å². The molecular weight excluding hydrogens is 431 g/mol. The van der Waals surface area contributed by atoms with E-state index >= 15 is 0 Å². The third-order valence-corrected chi connectivity index (χ3v) is 1.77. The van der Waals surface area contributed by atoms with Crippen molar-refractivity contribution in [1.29, 1.82) is 0 Å². The van der Waals surface area contributed by atoms with Gasteiger partial charge in [-0.25, -0.2) is 19.6 Å². The van der Waals surface area contributed by atoms with Gasteiger partial charge in [0.25, 0.3) is 0 Å². The van der Waals surface area contributed by atoms with E-state index in [4.69, 9.17) is 10.2 Å². The summed E-state index contributed by atoms with van der Waals surface area (Å²) in [5.41, 5.74) is 0.162. The van der Waals surface area contributed by atoms with Crippen LogP contribution in [0.15, 0.2) is 48.8 Å². The summed E-state index contributed by atoms with van der Waals surface area (Å²) in [6.07, 6.45) is 2.90. The fraction of sp³-hybridized carbons (Fsp3) is 0. The third kappa shape index (κ3) is 6.43. The van der Waals surface area contributed by atoms with Crippen LogP contribution < -0.4 is 0 Å². The van der Waals surface area contributed by atoms with Crippen molar-refractivity contribution < 1.29 is 40.9 Å². The molecule has 0 bridgehead atoms. The molecule has 0 spiro atoms. The Labute approximate surface area is 123 Å². The summed E-state index contributed by atoms with van der Waals surface area (Å²) in [6.45, 7) is 0. The Bertz CT molecular complexity index is 470. The van der Waals surface area contributed by atoms with Gasteiger partial charge in [0.2, 0.25) is 0 Å². The SMILES string of the molecule is O=C(O)c1ccccn1.O=C(O)c1ccccn1.[Pt]. The van der Waals surface area contributed by atoms with Crippen molar-refractivity contribution in [3.63, 3.8) is 0 Å². The van der Waals surface area contributed by atoms with Crippen LogP contribution in [0.25, 0.3) is 0 Å². The van der Waals surface area contributed by atoms with Crippen LogP contribution in [0.1, 0.15) is 21.0 Å². The number of rotatable bonds is 2. The van der Waals surface area contributed by atoms with Gasteiger partial charge in [0.1, 0.15) is 11.4 Å². The molecule has 7 heteroatoms. The van der Waals surface area contributed by atoms with Crippen LogP contribution in [0, 0.1) is 0 Å². The average molecular weight is 441 g/mol. The quantitative estimate of drug-likeness (QED) is 0.734. The van der Waals surface area contributed by atoms with E-state index in [0.29, 0.717) is 0 Å². The van der Waals surface area contributed by atoms with E-state index < -0.39 is 11.9 Å². The smallest absolute Gasteiger partial charge is 0.354 e. The van der Waals surface area contributed by atoms with Gasteiger partial charge in [-0.2, -0.15) is 0 Å². The van der Waals surface area contributed by atoms with E-state index in [1.54, 1.807) is 24.3 Å². The first-order valence-electron chi connectivity index (χ1n) is 4.90. The van der Waals surface area contributed by atoms with Crippen LogP contribution in [0.2, 0.25) is 0 Å². The zero-order valence-electron chi connectivity index (χ0n) is 9.54. The van der Waals surface area contributed by atoms with E-state index in [-0.39, 0.29) is 32.5 Å². The molecule has 6 nitrogen and oxygen atoms in total. The van der Waals surface area contributed by atoms with Gasteiger partial charge in [-0.15, -0.1) is 0 Å². The van der Waals surface area contributed by atoms with Gasteiger partial charge in [0, 0.05) is 33.5 Å². The Morgan fingerprint density at radius 2 is 1.16 bits per heavy atom. The molecule has 2 aromatic heterocycles. The predicted octanol–water partition coefficient (Wildman–Crippen LogP) is 1.56. The molecule has 0 aromatic carbocycles. The molecule has 2 heterocycles. The summed E-state index contributed by atoms with van der Waals surface area (Å²) in [7, 11) is 0. The maximum atomic E-state index is 10.1. The second-order valence-corrected chi connectivity index (χ2v) is 3.04. The predicted molar refractivity (Wildman–Crippen MR) is 62.4 cm³/mol. The van der Waals surface area contributed by atoms with Crippen LogP contribution in [-0.2, 0) is 21.1 Å². The monoisotopic (exact) mass is 441 g/mol. The van der Waals surface area contributed by atoms with Gasteiger partial charge in [-0.05, 0) is 24.3 Å². The molecule has 0 aliphatic rings. The molecule has 19 heavy (non-hydrogen) atoms. The maximum Gasteiger partial charge on any atom is 0.354 e. The van der Waals surface area contributed by atoms with Crippen molar-refractivity contribution in [2.24, 2.45) is 0 Å². The summed E-state index contributed by atoms with van der Waals surface area (Å²) in [4.78, 5) is 27.4. The molecule has 0 aliphatic heterocycles. The normalized spacial score (nSPS) is 8.42. The molecule has 0 unspecified atom stereocenters. The minimum absolute atomic E-state index is 0. The zero-order chi connectivity index (χ0) is 13.4. The van der Waals surface area contributed by atoms with Gasteiger partial charge in [0.15, 0.2) is 0 Å². The van der Waals surface area contributed by atoms with Gasteiger partial charge >= 0.3 is 11.9 Å². The van der Waals surface area contributed by atoms with Crippen molar-refractivity contribution in [2.75, 3.05) is 0 Å². The molecule has 0 aliphatic carbocycles. The average Bonchev–Trinajstić information content (AvgIpc) is 2.41. The summed E-state index contributed by atoms with van der Waals surface area (Å²) in [5.74, 6) is -1.98. The van der Waals surface area contributed by atoms with Crippen molar-refractivity contribution in [1.82, 2.24) is 9.97 Å². The standard InChI is InChI=1S/2C6H5NO2.Pt/c2*8-6(9)5-3-1-2-4-7-5;/h2*1-4H,(H,8,9);. The Kier molecular flexibility index (Phi) is 7.96. The van der Waals surface area contributed by atoms with Crippen molar-refractivity contribution in [3.8, 4) is 0 Å². The molecule has 0 saturated carbocycles. The molecule has 2 rings (SSSR count). The Morgan fingerprint density at radius 3 is 1.32 bits per heavy atom. The van der Waals surface area contributed by atoms with Crippen molar-refractivity contribution >= 4 is 11.9 Å². The number of hydrogen-bond acceptors (Lipinski definition) is 4. The zero-order valence-corrected chi connectivity index (χ0v) is 11.8. The number of pyridine rings is 2. The topological polar surface area (TPSA) is 100 Å². The largest absolute Gasteiger partial charge is 0.477 e. The number of carbonyl (C=O) groups is 2. The molecule has 102 valence electrons. The molecule has 0 atom stereocenters. The van der Waals surface area contributed by atoms with E-state index in [2.05, 4.69) is 9.97 Å². The second-order valence-electron chi connectivity index (χ2n) is 3.04. The van der Waals surface area contributed by atoms with Crippen LogP contribution in [-0.4, -0.2) is 32.1 Å². The van der Waals surface area contributed by atoms with E-state index in [1.165, 1.54) is 24.5 Å². The summed E-state index contributed by atoms with van der Waals surface area (Å²) in [6, 6.07) is 9.51. The third-order valence-electron chi connectivity index (χ3n) is 1.77. The number of nitrogens with zero attached hydrogens (tertiary/aromatic N) is 2. The first kappa shape index (κ1) is 16.9. The first-order chi connectivity index (χ1) is 8.61. The minimum Gasteiger partial charge on any atom is -0.477 e. The second kappa shape index (κ2) is 8.94.